The maximum Gasteiger partial charge on any atom is 0.224 e. The summed E-state index contributed by atoms with van der Waals surface area (Å²) in [6.07, 6.45) is 1.49. The predicted octanol–water partition coefficient (Wildman–Crippen LogP) is 4.33. The number of nitrogens with zero attached hydrogens (tertiary/aromatic N) is 1. The molecule has 24 heavy (non-hydrogen) atoms. The molecule has 5 heteroatoms. The number of amides is 1. The fourth-order valence-electron chi connectivity index (χ4n) is 3.11. The van der Waals surface area contributed by atoms with E-state index in [0.29, 0.717) is 18.0 Å². The number of hydrogen-bond donors (Lipinski definition) is 1. The molecule has 2 aromatic rings. The third-order valence-corrected chi connectivity index (χ3v) is 4.59. The van der Waals surface area contributed by atoms with Crippen LogP contribution in [0.15, 0.2) is 48.5 Å². The van der Waals surface area contributed by atoms with Crippen molar-refractivity contribution >= 4 is 23.2 Å². The van der Waals surface area contributed by atoms with E-state index < -0.39 is 5.82 Å². The molecule has 0 unspecified atom stereocenters. The average molecular weight is 347 g/mol. The highest BCUT2D eigenvalue weighted by Crippen LogP contribution is 2.23. The van der Waals surface area contributed by atoms with E-state index in [0.717, 1.165) is 26.1 Å². The molecule has 126 valence electrons. The molecule has 1 aliphatic heterocycles. The Bertz CT molecular complexity index is 708. The van der Waals surface area contributed by atoms with Gasteiger partial charge in [0.15, 0.2) is 0 Å². The van der Waals surface area contributed by atoms with Gasteiger partial charge in [0.05, 0.1) is 5.02 Å². The van der Waals surface area contributed by atoms with E-state index in [4.69, 9.17) is 11.6 Å². The Morgan fingerprint density at radius 1 is 1.25 bits per heavy atom. The van der Waals surface area contributed by atoms with E-state index in [-0.39, 0.29) is 10.9 Å². The highest BCUT2D eigenvalue weighted by molar-refractivity contribution is 6.31. The molecule has 1 atom stereocenters. The number of rotatable bonds is 5. The SMILES string of the molecule is O=C(C[C@H]1CCN(Cc2ccccc2)C1)Nc1ccc(F)c(Cl)c1. The molecule has 2 aromatic carbocycles. The standard InChI is InChI=1S/C19H20ClFN2O/c20-17-11-16(6-7-18(17)21)22-19(24)10-15-8-9-23(13-15)12-14-4-2-1-3-5-14/h1-7,11,15H,8-10,12-13H2,(H,22,24)/t15-/m1/s1. The van der Waals surface area contributed by atoms with E-state index >= 15 is 0 Å². The first kappa shape index (κ1) is 16.9. The van der Waals surface area contributed by atoms with Crippen LogP contribution in [-0.4, -0.2) is 23.9 Å². The number of benzene rings is 2. The second-order valence-electron chi connectivity index (χ2n) is 6.26. The minimum atomic E-state index is -0.484. The summed E-state index contributed by atoms with van der Waals surface area (Å²) in [5.41, 5.74) is 1.83. The zero-order valence-corrected chi connectivity index (χ0v) is 14.1. The predicted molar refractivity (Wildman–Crippen MR) is 94.5 cm³/mol. The van der Waals surface area contributed by atoms with Crippen LogP contribution >= 0.6 is 11.6 Å². The molecular formula is C19H20ClFN2O. The Morgan fingerprint density at radius 2 is 2.04 bits per heavy atom. The molecule has 0 bridgehead atoms. The third kappa shape index (κ3) is 4.56. The summed E-state index contributed by atoms with van der Waals surface area (Å²) >= 11 is 5.73. The van der Waals surface area contributed by atoms with Crippen LogP contribution in [0, 0.1) is 11.7 Å². The number of nitrogens with one attached hydrogen (secondary N) is 1. The van der Waals surface area contributed by atoms with Crippen molar-refractivity contribution < 1.29 is 9.18 Å². The van der Waals surface area contributed by atoms with E-state index in [2.05, 4.69) is 22.3 Å². The zero-order chi connectivity index (χ0) is 16.9. The number of anilines is 1. The number of carbonyl (C=O) groups excluding carboxylic acids is 1. The molecule has 1 saturated heterocycles. The van der Waals surface area contributed by atoms with Crippen LogP contribution < -0.4 is 5.32 Å². The fourth-order valence-corrected chi connectivity index (χ4v) is 3.29. The summed E-state index contributed by atoms with van der Waals surface area (Å²) in [4.78, 5) is 14.5. The molecule has 1 aliphatic rings. The van der Waals surface area contributed by atoms with Gasteiger partial charge in [0.2, 0.25) is 5.91 Å². The van der Waals surface area contributed by atoms with Crippen molar-refractivity contribution in [1.29, 1.82) is 0 Å². The van der Waals surface area contributed by atoms with Gasteiger partial charge in [-0.25, -0.2) is 4.39 Å². The molecule has 1 amide bonds. The molecule has 1 fully saturated rings. The minimum Gasteiger partial charge on any atom is -0.326 e. The Kier molecular flexibility index (Phi) is 5.48. The second kappa shape index (κ2) is 7.77. The lowest BCUT2D eigenvalue weighted by atomic mass is 10.0. The Hall–Kier alpha value is -1.91. The van der Waals surface area contributed by atoms with Crippen LogP contribution in [0.5, 0.6) is 0 Å². The van der Waals surface area contributed by atoms with Gasteiger partial charge in [0.25, 0.3) is 0 Å². The van der Waals surface area contributed by atoms with E-state index in [9.17, 15) is 9.18 Å². The van der Waals surface area contributed by atoms with Crippen LogP contribution in [-0.2, 0) is 11.3 Å². The highest BCUT2D eigenvalue weighted by Gasteiger charge is 2.24. The molecule has 0 aromatic heterocycles. The van der Waals surface area contributed by atoms with Crippen molar-refractivity contribution in [2.24, 2.45) is 5.92 Å². The monoisotopic (exact) mass is 346 g/mol. The summed E-state index contributed by atoms with van der Waals surface area (Å²) in [5, 5.41) is 2.81. The van der Waals surface area contributed by atoms with Crippen molar-refractivity contribution in [2.75, 3.05) is 18.4 Å². The molecule has 3 nitrogen and oxygen atoms in total. The van der Waals surface area contributed by atoms with Crippen LogP contribution in [0.25, 0.3) is 0 Å². The van der Waals surface area contributed by atoms with Gasteiger partial charge in [-0.2, -0.15) is 0 Å². The van der Waals surface area contributed by atoms with E-state index in [1.165, 1.54) is 23.8 Å². The fraction of sp³-hybridized carbons (Fsp3) is 0.316. The molecule has 3 rings (SSSR count). The van der Waals surface area contributed by atoms with Crippen LogP contribution in [0.3, 0.4) is 0 Å². The lowest BCUT2D eigenvalue weighted by Crippen LogP contribution is -2.22. The first-order chi connectivity index (χ1) is 11.6. The van der Waals surface area contributed by atoms with Gasteiger partial charge < -0.3 is 5.32 Å². The van der Waals surface area contributed by atoms with Gasteiger partial charge in [0, 0.05) is 25.2 Å². The summed E-state index contributed by atoms with van der Waals surface area (Å²) in [7, 11) is 0. The highest BCUT2D eigenvalue weighted by atomic mass is 35.5. The Balaban J connectivity index is 1.48. The van der Waals surface area contributed by atoms with Crippen molar-refractivity contribution in [3.63, 3.8) is 0 Å². The average Bonchev–Trinajstić information content (AvgIpc) is 2.99. The van der Waals surface area contributed by atoms with E-state index in [1.807, 2.05) is 18.2 Å². The molecule has 0 aliphatic carbocycles. The quantitative estimate of drug-likeness (QED) is 0.874. The zero-order valence-electron chi connectivity index (χ0n) is 13.3. The van der Waals surface area contributed by atoms with Gasteiger partial charge in [0.1, 0.15) is 5.82 Å². The number of halogens is 2. The number of hydrogen-bond acceptors (Lipinski definition) is 2. The first-order valence-electron chi connectivity index (χ1n) is 8.11. The van der Waals surface area contributed by atoms with E-state index in [1.54, 1.807) is 0 Å². The molecule has 0 saturated carbocycles. The van der Waals surface area contributed by atoms with Crippen LogP contribution in [0.2, 0.25) is 5.02 Å². The minimum absolute atomic E-state index is 0.0164. The molecule has 0 radical (unpaired) electrons. The van der Waals surface area contributed by atoms with Gasteiger partial charge in [-0.05, 0) is 42.6 Å². The normalized spacial score (nSPS) is 17.8. The second-order valence-corrected chi connectivity index (χ2v) is 6.66. The van der Waals surface area contributed by atoms with Crippen molar-refractivity contribution in [3.05, 3.63) is 64.9 Å². The maximum absolute atomic E-state index is 13.1. The summed E-state index contributed by atoms with van der Waals surface area (Å²) < 4.78 is 13.1. The number of likely N-dealkylation sites (tertiary alicyclic amines) is 1. The largest absolute Gasteiger partial charge is 0.326 e. The van der Waals surface area contributed by atoms with Crippen LogP contribution in [0.1, 0.15) is 18.4 Å². The molecule has 1 N–H and O–H groups in total. The van der Waals surface area contributed by atoms with Crippen molar-refractivity contribution in [3.8, 4) is 0 Å². The molecular weight excluding hydrogens is 327 g/mol. The third-order valence-electron chi connectivity index (χ3n) is 4.30. The molecule has 1 heterocycles. The number of carbonyl (C=O) groups is 1. The topological polar surface area (TPSA) is 32.3 Å². The first-order valence-corrected chi connectivity index (χ1v) is 8.49. The van der Waals surface area contributed by atoms with Gasteiger partial charge in [-0.3, -0.25) is 9.69 Å². The summed E-state index contributed by atoms with van der Waals surface area (Å²) in [5.74, 6) is -0.184. The Labute approximate surface area is 146 Å². The van der Waals surface area contributed by atoms with Gasteiger partial charge >= 0.3 is 0 Å². The van der Waals surface area contributed by atoms with Crippen molar-refractivity contribution in [2.45, 2.75) is 19.4 Å². The van der Waals surface area contributed by atoms with Gasteiger partial charge in [-0.15, -0.1) is 0 Å². The summed E-state index contributed by atoms with van der Waals surface area (Å²) in [6.45, 7) is 2.86. The Morgan fingerprint density at radius 3 is 2.79 bits per heavy atom. The molecule has 0 spiro atoms. The maximum atomic E-state index is 13.1. The van der Waals surface area contributed by atoms with Gasteiger partial charge in [-0.1, -0.05) is 41.9 Å². The smallest absolute Gasteiger partial charge is 0.224 e. The lowest BCUT2D eigenvalue weighted by molar-refractivity contribution is -0.117. The van der Waals surface area contributed by atoms with Crippen LogP contribution in [0.4, 0.5) is 10.1 Å². The van der Waals surface area contributed by atoms with Crippen molar-refractivity contribution in [1.82, 2.24) is 4.90 Å². The summed E-state index contributed by atoms with van der Waals surface area (Å²) in [6, 6.07) is 14.6. The lowest BCUT2D eigenvalue weighted by Gasteiger charge is -2.16.